The zero-order valence-corrected chi connectivity index (χ0v) is 5.92. The van der Waals surface area contributed by atoms with Crippen LogP contribution in [0.4, 0.5) is 0 Å². The van der Waals surface area contributed by atoms with Gasteiger partial charge in [0.25, 0.3) is 0 Å². The van der Waals surface area contributed by atoms with Crippen LogP contribution in [0.15, 0.2) is 26.0 Å². The summed E-state index contributed by atoms with van der Waals surface area (Å²) in [4.78, 5) is 8.11. The molecule has 1 aliphatic heterocycles. The van der Waals surface area contributed by atoms with Gasteiger partial charge < -0.3 is 5.21 Å². The molecule has 0 aromatic rings. The maximum atomic E-state index is 8.11. The highest BCUT2D eigenvalue weighted by molar-refractivity contribution is 8.93. The van der Waals surface area contributed by atoms with E-state index in [-0.39, 0.29) is 17.0 Å². The maximum absolute atomic E-state index is 8.11. The Bertz CT molecular complexity index is 102. The molecule has 0 saturated carbocycles. The Balaban J connectivity index is 0. The van der Waals surface area contributed by atoms with Gasteiger partial charge in [0, 0.05) is 0 Å². The van der Waals surface area contributed by atoms with Gasteiger partial charge in [0.05, 0.1) is 0 Å². The predicted octanol–water partition coefficient (Wildman–Crippen LogP) is 1.50. The molecule has 0 aliphatic carbocycles. The van der Waals surface area contributed by atoms with Crippen LogP contribution >= 0.6 is 17.0 Å². The van der Waals surface area contributed by atoms with Gasteiger partial charge in [-0.15, -0.1) is 32.1 Å². The molecule has 0 amide bonds. The topological polar surface area (TPSA) is 99.1 Å². The lowest BCUT2D eigenvalue weighted by molar-refractivity contribution is 0.312. The van der Waals surface area contributed by atoms with E-state index < -0.39 is 0 Å². The Hall–Kier alpha value is -0.920. The van der Waals surface area contributed by atoms with Crippen LogP contribution in [0.1, 0.15) is 0 Å². The summed E-state index contributed by atoms with van der Waals surface area (Å²) in [5, 5.41) is 21.0. The van der Waals surface area contributed by atoms with Crippen molar-refractivity contribution in [3.05, 3.63) is 4.91 Å². The zero-order valence-electron chi connectivity index (χ0n) is 4.21. The summed E-state index contributed by atoms with van der Waals surface area (Å²) in [6, 6.07) is 0. The molecular weight excluding hydrogens is 194 g/mol. The molecule has 0 aromatic heterocycles. The molecule has 52 valence electrons. The van der Waals surface area contributed by atoms with E-state index in [1.54, 1.807) is 0 Å². The van der Waals surface area contributed by atoms with Crippen molar-refractivity contribution < 1.29 is 5.21 Å². The minimum absolute atomic E-state index is 0. The van der Waals surface area contributed by atoms with Crippen molar-refractivity contribution in [1.29, 1.82) is 0 Å². The van der Waals surface area contributed by atoms with Crippen LogP contribution in [0.3, 0.4) is 0 Å². The van der Waals surface area contributed by atoms with Crippen LogP contribution in [0, 0.1) is 4.91 Å². The first kappa shape index (κ1) is 11.0. The largest absolute Gasteiger partial charge is 0.379 e. The Labute approximate surface area is 60.6 Å². The smallest absolute Gasteiger partial charge is 0.175 e. The fourth-order valence-electron chi connectivity index (χ4n) is 0.141. The van der Waals surface area contributed by atoms with Crippen molar-refractivity contribution in [2.75, 3.05) is 6.67 Å². The van der Waals surface area contributed by atoms with Crippen LogP contribution in [0.2, 0.25) is 0 Å². The highest BCUT2D eigenvalue weighted by Gasteiger charge is 1.76. The van der Waals surface area contributed by atoms with Crippen molar-refractivity contribution in [3.63, 3.8) is 0 Å². The van der Waals surface area contributed by atoms with Crippen LogP contribution in [-0.4, -0.2) is 11.9 Å². The van der Waals surface area contributed by atoms with Crippen molar-refractivity contribution in [3.8, 4) is 0 Å². The zero-order chi connectivity index (χ0) is 6.24. The predicted molar refractivity (Wildman–Crippen MR) is 32.5 cm³/mol. The molecule has 1 N–H and O–H groups in total. The minimum Gasteiger partial charge on any atom is -0.379 e. The van der Waals surface area contributed by atoms with E-state index in [4.69, 9.17) is 10.1 Å². The monoisotopic (exact) mass is 197 g/mol. The lowest BCUT2D eigenvalue weighted by Crippen LogP contribution is -1.52. The summed E-state index contributed by atoms with van der Waals surface area (Å²) in [6.07, 6.45) is 0. The third kappa shape index (κ3) is 11.0. The molecule has 7 nitrogen and oxygen atoms in total. The van der Waals surface area contributed by atoms with Gasteiger partial charge in [0.1, 0.15) is 0 Å². The quantitative estimate of drug-likeness (QED) is 0.470. The molecule has 0 fully saturated rings. The average molecular weight is 198 g/mol. The molecule has 9 heavy (non-hydrogen) atoms. The summed E-state index contributed by atoms with van der Waals surface area (Å²) in [5.74, 6) is 0. The van der Waals surface area contributed by atoms with Crippen molar-refractivity contribution >= 4 is 17.0 Å². The van der Waals surface area contributed by atoms with E-state index in [0.717, 1.165) is 0 Å². The SMILES string of the molecule is Br.C1N=NN=N1.O=NO. The first-order valence-corrected chi connectivity index (χ1v) is 1.62. The number of nitrogens with zero attached hydrogens (tertiary/aromatic N) is 5. The van der Waals surface area contributed by atoms with E-state index >= 15 is 0 Å². The van der Waals surface area contributed by atoms with Gasteiger partial charge in [-0.25, -0.2) is 0 Å². The molecule has 1 aliphatic rings. The number of halogens is 1. The molecule has 1 rings (SSSR count). The van der Waals surface area contributed by atoms with Crippen molar-refractivity contribution in [2.24, 2.45) is 26.0 Å². The maximum Gasteiger partial charge on any atom is 0.175 e. The minimum atomic E-state index is 0. The molecule has 0 atom stereocenters. The second-order valence-electron chi connectivity index (χ2n) is 0.685. The third-order valence-electron chi connectivity index (χ3n) is 0.293. The summed E-state index contributed by atoms with van der Waals surface area (Å²) in [5.41, 5.74) is 0. The number of hydrogen-bond donors (Lipinski definition) is 1. The number of hydrogen-bond acceptors (Lipinski definition) is 6. The Morgan fingerprint density at radius 2 is 1.67 bits per heavy atom. The third-order valence-corrected chi connectivity index (χ3v) is 0.293. The van der Waals surface area contributed by atoms with E-state index in [2.05, 4.69) is 20.7 Å². The molecule has 0 radical (unpaired) electrons. The first-order valence-electron chi connectivity index (χ1n) is 1.62. The van der Waals surface area contributed by atoms with Crippen LogP contribution < -0.4 is 0 Å². The standard InChI is InChI=1S/CH2N4.BrH.HNO2/c1-2-4-5-3-1;;2-1-3/h1H2;1H;(H,2,3). The average Bonchev–Trinajstić information content (AvgIpc) is 2.17. The van der Waals surface area contributed by atoms with Gasteiger partial charge in [-0.2, -0.15) is 0 Å². The summed E-state index contributed by atoms with van der Waals surface area (Å²) in [6.45, 7) is 0.417. The van der Waals surface area contributed by atoms with E-state index in [9.17, 15) is 0 Å². The molecule has 1 heterocycles. The summed E-state index contributed by atoms with van der Waals surface area (Å²) in [7, 11) is 0. The molecule has 0 aromatic carbocycles. The van der Waals surface area contributed by atoms with Gasteiger partial charge in [-0.1, -0.05) is 0 Å². The normalized spacial score (nSPS) is 11.1. The molecule has 0 spiro atoms. The fourth-order valence-corrected chi connectivity index (χ4v) is 0.141. The van der Waals surface area contributed by atoms with Crippen molar-refractivity contribution in [2.45, 2.75) is 0 Å². The van der Waals surface area contributed by atoms with Crippen molar-refractivity contribution in [1.82, 2.24) is 0 Å². The highest BCUT2D eigenvalue weighted by atomic mass is 79.9. The van der Waals surface area contributed by atoms with Gasteiger partial charge in [-0.3, -0.25) is 0 Å². The lowest BCUT2D eigenvalue weighted by Gasteiger charge is -1.52. The molecule has 0 saturated heterocycles. The Morgan fingerprint density at radius 3 is 1.78 bits per heavy atom. The molecule has 0 bridgehead atoms. The van der Waals surface area contributed by atoms with Crippen LogP contribution in [-0.2, 0) is 0 Å². The molecular formula is CH4BrN5O2. The van der Waals surface area contributed by atoms with Crippen LogP contribution in [0.5, 0.6) is 0 Å². The highest BCUT2D eigenvalue weighted by Crippen LogP contribution is 1.87. The van der Waals surface area contributed by atoms with E-state index in [0.29, 0.717) is 6.67 Å². The van der Waals surface area contributed by atoms with Gasteiger partial charge in [0.15, 0.2) is 12.0 Å². The molecule has 8 heteroatoms. The second kappa shape index (κ2) is 10.1. The van der Waals surface area contributed by atoms with Gasteiger partial charge in [-0.05, 0) is 10.4 Å². The Morgan fingerprint density at radius 1 is 1.33 bits per heavy atom. The van der Waals surface area contributed by atoms with E-state index in [1.165, 1.54) is 5.34 Å². The van der Waals surface area contributed by atoms with Gasteiger partial charge in [0.2, 0.25) is 0 Å². The summed E-state index contributed by atoms with van der Waals surface area (Å²) < 4.78 is 0. The first-order chi connectivity index (χ1) is 3.91. The molecule has 0 unspecified atom stereocenters. The van der Waals surface area contributed by atoms with E-state index in [1.807, 2.05) is 0 Å². The Kier molecular flexibility index (Phi) is 12.3. The fraction of sp³-hybridized carbons (Fsp3) is 1.00. The lowest BCUT2D eigenvalue weighted by atomic mass is 11.2. The summed E-state index contributed by atoms with van der Waals surface area (Å²) >= 11 is 0. The van der Waals surface area contributed by atoms with Gasteiger partial charge >= 0.3 is 0 Å². The second-order valence-corrected chi connectivity index (χ2v) is 0.685. The van der Waals surface area contributed by atoms with Crippen LogP contribution in [0.25, 0.3) is 0 Å². The number of rotatable bonds is 0.